The van der Waals surface area contributed by atoms with Crippen molar-refractivity contribution in [3.8, 4) is 16.9 Å². The van der Waals surface area contributed by atoms with Gasteiger partial charge in [0.2, 0.25) is 5.78 Å². The van der Waals surface area contributed by atoms with Gasteiger partial charge in [0.1, 0.15) is 22.8 Å². The average molecular weight is 616 g/mol. The topological polar surface area (TPSA) is 165 Å². The summed E-state index contributed by atoms with van der Waals surface area (Å²) in [5.74, 6) is -6.56. The zero-order valence-electron chi connectivity index (χ0n) is 25.8. The number of ketones is 2. The van der Waals surface area contributed by atoms with Gasteiger partial charge in [-0.15, -0.1) is 0 Å². The van der Waals surface area contributed by atoms with Crippen molar-refractivity contribution >= 4 is 23.2 Å². The zero-order chi connectivity index (χ0) is 32.2. The average Bonchev–Trinajstić information content (AvgIpc) is 2.99. The number of carbonyl (C=O) groups excluding carboxylic acids is 3. The van der Waals surface area contributed by atoms with Gasteiger partial charge in [-0.05, 0) is 106 Å². The number of aromatic hydroxyl groups is 1. The minimum atomic E-state index is -2.65. The Kier molecular flexibility index (Phi) is 8.09. The van der Waals surface area contributed by atoms with Crippen molar-refractivity contribution in [1.82, 2.24) is 9.80 Å². The highest BCUT2D eigenvalue weighted by Crippen LogP contribution is 2.53. The Labute approximate surface area is 262 Å². The molecule has 0 unspecified atom stereocenters. The summed E-state index contributed by atoms with van der Waals surface area (Å²) >= 11 is 0. The molecule has 1 amide bonds. The molecule has 3 aliphatic carbocycles. The fraction of sp³-hybridized carbons (Fsp3) is 0.457. The van der Waals surface area contributed by atoms with Gasteiger partial charge in [0, 0.05) is 11.5 Å². The van der Waals surface area contributed by atoms with Crippen LogP contribution in [0.1, 0.15) is 48.8 Å². The smallest absolute Gasteiger partial charge is 0.255 e. The predicted octanol–water partition coefficient (Wildman–Crippen LogP) is 3.05. The van der Waals surface area contributed by atoms with Crippen LogP contribution in [0.4, 0.5) is 0 Å². The standard InChI is InChI=1S/C35H41N3O7/c1-37(2)29-24-18-21-17-23-22(20-10-6-8-19(16-20)9-7-15-38-13-4-3-5-14-38)11-12-25(39)27(23)30(40)26(21)32(42)35(24,45)33(43)28(31(29)41)34(36)44/h6,8,10-12,16,21,24,29,39-40,43,45H,3-5,7,9,13-15,17-18H2,1-2H3,(H2,36,44)/t21-,24-,29-,35-/m0/s1. The molecule has 0 aromatic heterocycles. The third-order valence-corrected chi connectivity index (χ3v) is 10.2. The molecule has 4 atom stereocenters. The second kappa shape index (κ2) is 11.7. The largest absolute Gasteiger partial charge is 0.508 e. The number of aliphatic hydroxyl groups excluding tert-OH is 2. The molecule has 10 nitrogen and oxygen atoms in total. The van der Waals surface area contributed by atoms with Crippen molar-refractivity contribution in [3.05, 3.63) is 70.0 Å². The van der Waals surface area contributed by atoms with E-state index in [0.717, 1.165) is 43.6 Å². The second-order valence-corrected chi connectivity index (χ2v) is 13.2. The number of likely N-dealkylation sites (N-methyl/N-ethyl adjacent to an activating group) is 1. The first-order valence-electron chi connectivity index (χ1n) is 15.8. The molecule has 2 aromatic carbocycles. The normalized spacial score (nSPS) is 27.0. The van der Waals surface area contributed by atoms with E-state index < -0.39 is 58.0 Å². The lowest BCUT2D eigenvalue weighted by Crippen LogP contribution is -2.65. The first-order chi connectivity index (χ1) is 21.4. The molecule has 4 aliphatic rings. The molecule has 0 spiro atoms. The summed E-state index contributed by atoms with van der Waals surface area (Å²) in [6, 6.07) is 10.4. The van der Waals surface area contributed by atoms with E-state index in [4.69, 9.17) is 5.73 Å². The number of carbonyl (C=O) groups is 3. The Morgan fingerprint density at radius 1 is 1.07 bits per heavy atom. The van der Waals surface area contributed by atoms with Crippen LogP contribution in [0, 0.1) is 11.8 Å². The van der Waals surface area contributed by atoms with Gasteiger partial charge in [-0.25, -0.2) is 0 Å². The maximum Gasteiger partial charge on any atom is 0.255 e. The van der Waals surface area contributed by atoms with Gasteiger partial charge in [0.25, 0.3) is 5.91 Å². The van der Waals surface area contributed by atoms with Crippen LogP contribution in [0.5, 0.6) is 5.75 Å². The molecule has 1 aliphatic heterocycles. The number of aliphatic hydroxyl groups is 3. The number of nitrogens with two attached hydrogens (primary N) is 1. The van der Waals surface area contributed by atoms with E-state index in [1.54, 1.807) is 20.2 Å². The van der Waals surface area contributed by atoms with Crippen molar-refractivity contribution in [3.63, 3.8) is 0 Å². The van der Waals surface area contributed by atoms with Gasteiger partial charge in [0.15, 0.2) is 11.4 Å². The van der Waals surface area contributed by atoms with Crippen molar-refractivity contribution in [1.29, 1.82) is 0 Å². The van der Waals surface area contributed by atoms with E-state index in [0.29, 0.717) is 5.56 Å². The van der Waals surface area contributed by atoms with Gasteiger partial charge in [-0.1, -0.05) is 36.8 Å². The maximum absolute atomic E-state index is 14.1. The Hall–Kier alpha value is -3.99. The van der Waals surface area contributed by atoms with E-state index in [-0.39, 0.29) is 29.7 Å². The number of benzene rings is 2. The van der Waals surface area contributed by atoms with Gasteiger partial charge in [-0.2, -0.15) is 0 Å². The lowest BCUT2D eigenvalue weighted by molar-refractivity contribution is -0.153. The molecule has 0 radical (unpaired) electrons. The van der Waals surface area contributed by atoms with Gasteiger partial charge in [-0.3, -0.25) is 19.3 Å². The number of likely N-dealkylation sites (tertiary alicyclic amines) is 1. The lowest BCUT2D eigenvalue weighted by Gasteiger charge is -2.50. The summed E-state index contributed by atoms with van der Waals surface area (Å²) < 4.78 is 0. The Morgan fingerprint density at radius 2 is 1.80 bits per heavy atom. The number of aryl methyl sites for hydroxylation is 1. The maximum atomic E-state index is 14.1. The molecule has 6 rings (SSSR count). The number of fused-ring (bicyclic) bond motifs is 3. The van der Waals surface area contributed by atoms with Crippen molar-refractivity contribution in [2.24, 2.45) is 17.6 Å². The second-order valence-electron chi connectivity index (χ2n) is 13.2. The molecule has 238 valence electrons. The Bertz CT molecular complexity index is 1640. The first kappa shape index (κ1) is 31.0. The highest BCUT2D eigenvalue weighted by atomic mass is 16.3. The summed E-state index contributed by atoms with van der Waals surface area (Å²) in [5.41, 5.74) is 5.45. The first-order valence-corrected chi connectivity index (χ1v) is 15.8. The quantitative estimate of drug-likeness (QED) is 0.295. The third kappa shape index (κ3) is 5.05. The molecule has 0 bridgehead atoms. The lowest BCUT2D eigenvalue weighted by atomic mass is 9.57. The number of amides is 1. The highest BCUT2D eigenvalue weighted by molar-refractivity contribution is 6.24. The monoisotopic (exact) mass is 615 g/mol. The van der Waals surface area contributed by atoms with Crippen LogP contribution in [0.25, 0.3) is 16.9 Å². The van der Waals surface area contributed by atoms with Crippen LogP contribution in [0.3, 0.4) is 0 Å². The summed E-state index contributed by atoms with van der Waals surface area (Å²) in [7, 11) is 3.17. The zero-order valence-corrected chi connectivity index (χ0v) is 25.8. The molecule has 1 heterocycles. The fourth-order valence-electron chi connectivity index (χ4n) is 8.10. The Morgan fingerprint density at radius 3 is 2.49 bits per heavy atom. The van der Waals surface area contributed by atoms with Crippen LogP contribution in [0.15, 0.2) is 53.3 Å². The third-order valence-electron chi connectivity index (χ3n) is 10.2. The number of piperidine rings is 1. The van der Waals surface area contributed by atoms with E-state index in [2.05, 4.69) is 17.0 Å². The summed E-state index contributed by atoms with van der Waals surface area (Å²) in [6.45, 7) is 3.38. The number of hydrogen-bond acceptors (Lipinski definition) is 9. The number of phenolic OH excluding ortho intramolecular Hbond substituents is 1. The van der Waals surface area contributed by atoms with Crippen LogP contribution in [-0.4, -0.2) is 93.1 Å². The number of nitrogens with zero attached hydrogens (tertiary/aromatic N) is 2. The van der Waals surface area contributed by atoms with E-state index in [1.807, 2.05) is 12.1 Å². The highest BCUT2D eigenvalue weighted by Gasteiger charge is 2.64. The molecule has 10 heteroatoms. The van der Waals surface area contributed by atoms with Crippen LogP contribution < -0.4 is 5.73 Å². The van der Waals surface area contributed by atoms with Gasteiger partial charge in [0.05, 0.1) is 11.6 Å². The molecular formula is C35H41N3O7. The van der Waals surface area contributed by atoms with Crippen LogP contribution in [-0.2, 0) is 27.2 Å². The number of rotatable bonds is 7. The minimum Gasteiger partial charge on any atom is -0.508 e. The van der Waals surface area contributed by atoms with Crippen molar-refractivity contribution in [2.45, 2.75) is 56.6 Å². The number of Topliss-reactive ketones (excluding diaryl/α,β-unsaturated/α-hetero) is 2. The fourth-order valence-corrected chi connectivity index (χ4v) is 8.10. The molecule has 2 aromatic rings. The molecule has 1 saturated carbocycles. The number of hydrogen-bond donors (Lipinski definition) is 5. The minimum absolute atomic E-state index is 0.0530. The number of primary amides is 1. The van der Waals surface area contributed by atoms with Crippen LogP contribution in [0.2, 0.25) is 0 Å². The molecular weight excluding hydrogens is 574 g/mol. The molecule has 1 saturated heterocycles. The SMILES string of the molecule is CN(C)[C@@H]1C(=O)C(C(N)=O)=C(O)[C@@]2(O)C(=O)C3=C(O)c4c(O)ccc(-c5cccc(CCCN6CCCCC6)c5)c4C[C@H]3C[C@@H]12. The van der Waals surface area contributed by atoms with Gasteiger partial charge < -0.3 is 31.1 Å². The summed E-state index contributed by atoms with van der Waals surface area (Å²) in [6.07, 6.45) is 6.09. The summed E-state index contributed by atoms with van der Waals surface area (Å²) in [5, 5.41) is 45.4. The van der Waals surface area contributed by atoms with Crippen molar-refractivity contribution < 1.29 is 34.8 Å². The summed E-state index contributed by atoms with van der Waals surface area (Å²) in [4.78, 5) is 43.6. The predicted molar refractivity (Wildman–Crippen MR) is 168 cm³/mol. The molecule has 2 fully saturated rings. The van der Waals surface area contributed by atoms with Gasteiger partial charge >= 0.3 is 0 Å². The Balaban J connectivity index is 1.38. The van der Waals surface area contributed by atoms with E-state index >= 15 is 0 Å². The van der Waals surface area contributed by atoms with E-state index in [1.165, 1.54) is 35.8 Å². The van der Waals surface area contributed by atoms with E-state index in [9.17, 15) is 34.8 Å². The van der Waals surface area contributed by atoms with Crippen LogP contribution >= 0.6 is 0 Å². The molecule has 6 N–H and O–H groups in total. The molecule has 45 heavy (non-hydrogen) atoms. The van der Waals surface area contributed by atoms with Crippen molar-refractivity contribution in [2.75, 3.05) is 33.7 Å². The number of phenols is 1.